The second kappa shape index (κ2) is 11.5. The van der Waals surface area contributed by atoms with Gasteiger partial charge in [-0.2, -0.15) is 4.98 Å². The zero-order valence-electron chi connectivity index (χ0n) is 22.0. The third kappa shape index (κ3) is 6.05. The van der Waals surface area contributed by atoms with Crippen molar-refractivity contribution in [1.29, 1.82) is 0 Å². The van der Waals surface area contributed by atoms with Crippen molar-refractivity contribution in [1.82, 2.24) is 14.5 Å². The molecule has 1 N–H and O–H groups in total. The minimum absolute atomic E-state index is 0.0693. The lowest BCUT2D eigenvalue weighted by molar-refractivity contribution is -0.120. The van der Waals surface area contributed by atoms with Crippen LogP contribution in [0.1, 0.15) is 53.5 Å². The van der Waals surface area contributed by atoms with Crippen molar-refractivity contribution < 1.29 is 14.3 Å². The summed E-state index contributed by atoms with van der Waals surface area (Å²) in [5, 5.41) is 4.48. The van der Waals surface area contributed by atoms with Gasteiger partial charge >= 0.3 is 0 Å². The molecule has 0 radical (unpaired) electrons. The fourth-order valence-electron chi connectivity index (χ4n) is 4.44. The Morgan fingerprint density at radius 1 is 1.27 bits per heavy atom. The minimum atomic E-state index is -0.263. The summed E-state index contributed by atoms with van der Waals surface area (Å²) < 4.78 is 13.3. The number of carbonyl (C=O) groups excluding carboxylic acids is 1. The standard InChI is InChI=1S/C27H34ClN5O4/c1-6-20(34)15-36-24-11-18-10-19(8-9-23(18)33(16(3)4)26(24)35)30-25-22(28)12-29-27(31-25)32-13-17(5)37-21(7-2)14-32/h8-12,16-17,21H,6-7,13-15H2,1-5H3,(H,29,30,31). The summed E-state index contributed by atoms with van der Waals surface area (Å²) in [7, 11) is 0. The molecule has 2 unspecified atom stereocenters. The molecule has 10 heteroatoms. The molecule has 1 aliphatic heterocycles. The SMILES string of the molecule is CCC(=O)COc1cc2cc(Nc3nc(N4CC(C)OC(CC)C4)ncc3Cl)ccc2n(C(C)C)c1=O. The largest absolute Gasteiger partial charge is 0.480 e. The van der Waals surface area contributed by atoms with Crippen molar-refractivity contribution in [2.75, 3.05) is 29.9 Å². The average molecular weight is 528 g/mol. The molecule has 1 aromatic carbocycles. The Balaban J connectivity index is 1.66. The van der Waals surface area contributed by atoms with Crippen molar-refractivity contribution in [3.05, 3.63) is 45.8 Å². The number of hydrogen-bond acceptors (Lipinski definition) is 8. The molecular weight excluding hydrogens is 494 g/mol. The normalized spacial score (nSPS) is 17.9. The van der Waals surface area contributed by atoms with E-state index in [-0.39, 0.29) is 41.9 Å². The van der Waals surface area contributed by atoms with Crippen LogP contribution in [-0.2, 0) is 9.53 Å². The second-order valence-corrected chi connectivity index (χ2v) is 10.0. The van der Waals surface area contributed by atoms with Gasteiger partial charge in [-0.15, -0.1) is 0 Å². The van der Waals surface area contributed by atoms with Gasteiger partial charge in [-0.1, -0.05) is 25.4 Å². The number of Topliss-reactive ketones (excluding diaryl/α,β-unsaturated/α-hetero) is 1. The first-order chi connectivity index (χ1) is 17.7. The van der Waals surface area contributed by atoms with E-state index >= 15 is 0 Å². The number of nitrogens with one attached hydrogen (secondary N) is 1. The van der Waals surface area contributed by atoms with Crippen LogP contribution in [0.5, 0.6) is 5.75 Å². The highest BCUT2D eigenvalue weighted by Gasteiger charge is 2.26. The van der Waals surface area contributed by atoms with Crippen LogP contribution in [0.25, 0.3) is 10.9 Å². The minimum Gasteiger partial charge on any atom is -0.480 e. The number of carbonyl (C=O) groups is 1. The quantitative estimate of drug-likeness (QED) is 0.409. The Morgan fingerprint density at radius 2 is 2.05 bits per heavy atom. The van der Waals surface area contributed by atoms with Crippen molar-refractivity contribution in [3.8, 4) is 5.75 Å². The molecule has 0 aliphatic carbocycles. The Bertz CT molecular complexity index is 1340. The van der Waals surface area contributed by atoms with E-state index in [0.29, 0.717) is 36.3 Å². The van der Waals surface area contributed by atoms with E-state index in [1.165, 1.54) is 0 Å². The third-order valence-electron chi connectivity index (χ3n) is 6.36. The lowest BCUT2D eigenvalue weighted by Gasteiger charge is -2.36. The molecular formula is C27H34ClN5O4. The summed E-state index contributed by atoms with van der Waals surface area (Å²) in [6, 6.07) is 7.25. The van der Waals surface area contributed by atoms with Gasteiger partial charge in [0.15, 0.2) is 17.4 Å². The molecule has 198 valence electrons. The number of halogens is 1. The monoisotopic (exact) mass is 527 g/mol. The number of anilines is 3. The molecule has 4 rings (SSSR count). The molecule has 2 aromatic heterocycles. The van der Waals surface area contributed by atoms with Crippen molar-refractivity contribution >= 4 is 45.7 Å². The maximum Gasteiger partial charge on any atom is 0.293 e. The van der Waals surface area contributed by atoms with Gasteiger partial charge in [-0.3, -0.25) is 9.59 Å². The molecule has 0 saturated carbocycles. The van der Waals surface area contributed by atoms with Gasteiger partial charge in [0, 0.05) is 36.6 Å². The van der Waals surface area contributed by atoms with E-state index in [1.54, 1.807) is 23.8 Å². The number of aromatic nitrogens is 3. The van der Waals surface area contributed by atoms with E-state index < -0.39 is 0 Å². The first kappa shape index (κ1) is 26.9. The van der Waals surface area contributed by atoms with E-state index in [9.17, 15) is 9.59 Å². The van der Waals surface area contributed by atoms with Crippen LogP contribution in [0.4, 0.5) is 17.5 Å². The lowest BCUT2D eigenvalue weighted by atomic mass is 10.1. The summed E-state index contributed by atoms with van der Waals surface area (Å²) >= 11 is 6.46. The molecule has 0 amide bonds. The predicted molar refractivity (Wildman–Crippen MR) is 147 cm³/mol. The molecule has 3 aromatic rings. The number of ketones is 1. The van der Waals surface area contributed by atoms with Crippen LogP contribution < -0.4 is 20.5 Å². The lowest BCUT2D eigenvalue weighted by Crippen LogP contribution is -2.47. The van der Waals surface area contributed by atoms with Crippen molar-refractivity contribution in [2.45, 2.75) is 65.7 Å². The van der Waals surface area contributed by atoms with E-state index in [2.05, 4.69) is 22.1 Å². The van der Waals surface area contributed by atoms with Gasteiger partial charge in [0.2, 0.25) is 5.95 Å². The molecule has 1 fully saturated rings. The van der Waals surface area contributed by atoms with Gasteiger partial charge < -0.3 is 24.3 Å². The van der Waals surface area contributed by atoms with Gasteiger partial charge in [0.1, 0.15) is 11.6 Å². The summed E-state index contributed by atoms with van der Waals surface area (Å²) in [6.45, 7) is 11.1. The predicted octanol–water partition coefficient (Wildman–Crippen LogP) is 5.13. The van der Waals surface area contributed by atoms with Crippen molar-refractivity contribution in [2.24, 2.45) is 0 Å². The fourth-order valence-corrected chi connectivity index (χ4v) is 4.58. The van der Waals surface area contributed by atoms with Crippen LogP contribution in [0.2, 0.25) is 5.02 Å². The molecule has 0 bridgehead atoms. The number of hydrogen-bond donors (Lipinski definition) is 1. The maximum absolute atomic E-state index is 13.1. The zero-order chi connectivity index (χ0) is 26.7. The summed E-state index contributed by atoms with van der Waals surface area (Å²) in [6.07, 6.45) is 3.07. The van der Waals surface area contributed by atoms with Crippen LogP contribution in [0.15, 0.2) is 35.3 Å². The Labute approximate surface area is 221 Å². The number of pyridine rings is 1. The molecule has 3 heterocycles. The van der Waals surface area contributed by atoms with Gasteiger partial charge in [-0.25, -0.2) is 4.98 Å². The molecule has 1 saturated heterocycles. The first-order valence-corrected chi connectivity index (χ1v) is 13.1. The van der Waals surface area contributed by atoms with Crippen LogP contribution >= 0.6 is 11.6 Å². The number of fused-ring (bicyclic) bond motifs is 1. The van der Waals surface area contributed by atoms with Gasteiger partial charge in [0.05, 0.1) is 23.9 Å². The summed E-state index contributed by atoms with van der Waals surface area (Å²) in [5.41, 5.74) is 1.24. The fraction of sp³-hybridized carbons (Fsp3) is 0.481. The van der Waals surface area contributed by atoms with E-state index in [1.807, 2.05) is 39.0 Å². The van der Waals surface area contributed by atoms with E-state index in [4.69, 9.17) is 26.1 Å². The Morgan fingerprint density at radius 3 is 2.76 bits per heavy atom. The van der Waals surface area contributed by atoms with Crippen molar-refractivity contribution in [3.63, 3.8) is 0 Å². The molecule has 2 atom stereocenters. The van der Waals surface area contributed by atoms with Crippen LogP contribution in [0.3, 0.4) is 0 Å². The summed E-state index contributed by atoms with van der Waals surface area (Å²) in [4.78, 5) is 36.1. The first-order valence-electron chi connectivity index (χ1n) is 12.7. The van der Waals surface area contributed by atoms with Crippen LogP contribution in [0, 0.1) is 0 Å². The van der Waals surface area contributed by atoms with E-state index in [0.717, 1.165) is 23.0 Å². The summed E-state index contributed by atoms with van der Waals surface area (Å²) in [5.74, 6) is 1.15. The Kier molecular flexibility index (Phi) is 8.34. The van der Waals surface area contributed by atoms with Crippen LogP contribution in [-0.4, -0.2) is 52.2 Å². The zero-order valence-corrected chi connectivity index (χ0v) is 22.7. The third-order valence-corrected chi connectivity index (χ3v) is 6.64. The highest BCUT2D eigenvalue weighted by atomic mass is 35.5. The molecule has 0 spiro atoms. The number of nitrogens with zero attached hydrogens (tertiary/aromatic N) is 4. The second-order valence-electron chi connectivity index (χ2n) is 9.61. The molecule has 1 aliphatic rings. The smallest absolute Gasteiger partial charge is 0.293 e. The number of benzene rings is 1. The topological polar surface area (TPSA) is 98.6 Å². The number of morpholine rings is 1. The average Bonchev–Trinajstić information content (AvgIpc) is 2.87. The highest BCUT2D eigenvalue weighted by molar-refractivity contribution is 6.32. The van der Waals surface area contributed by atoms with Gasteiger partial charge in [0.25, 0.3) is 5.56 Å². The highest BCUT2D eigenvalue weighted by Crippen LogP contribution is 2.29. The number of rotatable bonds is 9. The van der Waals surface area contributed by atoms with Gasteiger partial charge in [-0.05, 0) is 51.5 Å². The molecule has 9 nitrogen and oxygen atoms in total. The Hall–Kier alpha value is -3.17. The number of ether oxygens (including phenoxy) is 2. The maximum atomic E-state index is 13.1. The molecule has 37 heavy (non-hydrogen) atoms.